The minimum atomic E-state index is -1.15. The van der Waals surface area contributed by atoms with Crippen LogP contribution >= 0.6 is 0 Å². The van der Waals surface area contributed by atoms with Gasteiger partial charge in [0.2, 0.25) is 7.98 Å². The van der Waals surface area contributed by atoms with Gasteiger partial charge in [-0.2, -0.15) is 0 Å². The lowest BCUT2D eigenvalue weighted by molar-refractivity contribution is -0.151. The van der Waals surface area contributed by atoms with Crippen LogP contribution in [-0.2, 0) is 11.2 Å². The van der Waals surface area contributed by atoms with Crippen LogP contribution in [-0.4, -0.2) is 35.3 Å². The molecule has 1 rings (SSSR count). The molecule has 4 nitrogen and oxygen atoms in total. The van der Waals surface area contributed by atoms with Crippen LogP contribution in [0.1, 0.15) is 5.56 Å². The van der Waals surface area contributed by atoms with Gasteiger partial charge in [0.05, 0.1) is 0 Å². The Bertz CT molecular complexity index is 302. The molecule has 0 spiro atoms. The molecule has 5 heteroatoms. The molecule has 0 amide bonds. The van der Waals surface area contributed by atoms with E-state index in [9.17, 15) is 4.79 Å². The van der Waals surface area contributed by atoms with Gasteiger partial charge in [0.15, 0.2) is 0 Å². The van der Waals surface area contributed by atoms with Crippen molar-refractivity contribution in [3.05, 3.63) is 35.9 Å². The Morgan fingerprint density at radius 1 is 1.43 bits per heavy atom. The average molecular weight is 191 g/mol. The zero-order valence-electron chi connectivity index (χ0n) is 7.50. The first-order valence-corrected chi connectivity index (χ1v) is 4.11. The van der Waals surface area contributed by atoms with Gasteiger partial charge in [-0.3, -0.25) is 4.79 Å². The zero-order chi connectivity index (χ0) is 10.6. The van der Waals surface area contributed by atoms with Gasteiger partial charge in [0.25, 0.3) is 0 Å². The maximum atomic E-state index is 10.7. The monoisotopic (exact) mass is 191 g/mol. The molecule has 0 aliphatic rings. The second kappa shape index (κ2) is 4.78. The van der Waals surface area contributed by atoms with Crippen LogP contribution in [0.5, 0.6) is 0 Å². The number of carbonyl (C=O) groups is 1. The summed E-state index contributed by atoms with van der Waals surface area (Å²) in [4.78, 5) is 10.9. The maximum absolute atomic E-state index is 10.7. The van der Waals surface area contributed by atoms with E-state index in [-0.39, 0.29) is 11.4 Å². The molecule has 0 aromatic heterocycles. The van der Waals surface area contributed by atoms with E-state index in [4.69, 9.17) is 18.3 Å². The van der Waals surface area contributed by atoms with Crippen LogP contribution in [0.25, 0.3) is 0 Å². The van der Waals surface area contributed by atoms with Crippen LogP contribution in [0.3, 0.4) is 0 Å². The highest BCUT2D eigenvalue weighted by atomic mass is 16.5. The summed E-state index contributed by atoms with van der Waals surface area (Å²) in [5, 5.41) is 17.6. The number of carboxylic acid groups (broad SMARTS) is 1. The number of aliphatic carboxylic acids is 1. The fraction of sp³-hybridized carbons (Fsp3) is 0.222. The molecule has 0 saturated carbocycles. The second-order valence-electron chi connectivity index (χ2n) is 2.92. The largest absolute Gasteiger partial charge is 0.480 e. The molecular weight excluding hydrogens is 181 g/mol. The SMILES string of the molecule is [B]N(O)[C@@H](Cc1ccccc1)C(=O)O. The van der Waals surface area contributed by atoms with Crippen molar-refractivity contribution in [2.24, 2.45) is 0 Å². The highest BCUT2D eigenvalue weighted by Crippen LogP contribution is 2.06. The zero-order valence-corrected chi connectivity index (χ0v) is 7.50. The van der Waals surface area contributed by atoms with E-state index in [1.807, 2.05) is 6.07 Å². The van der Waals surface area contributed by atoms with Crippen molar-refractivity contribution in [3.8, 4) is 0 Å². The van der Waals surface area contributed by atoms with Crippen molar-refractivity contribution in [1.29, 1.82) is 0 Å². The van der Waals surface area contributed by atoms with E-state index in [2.05, 4.69) is 0 Å². The Balaban J connectivity index is 2.70. The smallest absolute Gasteiger partial charge is 0.322 e. The van der Waals surface area contributed by atoms with Gasteiger partial charge in [-0.1, -0.05) is 30.3 Å². The van der Waals surface area contributed by atoms with Gasteiger partial charge in [0.1, 0.15) is 6.04 Å². The van der Waals surface area contributed by atoms with E-state index in [0.29, 0.717) is 0 Å². The molecule has 0 bridgehead atoms. The lowest BCUT2D eigenvalue weighted by Crippen LogP contribution is -2.38. The average Bonchev–Trinajstić information content (AvgIpc) is 2.15. The van der Waals surface area contributed by atoms with Gasteiger partial charge in [-0.05, 0) is 12.0 Å². The number of hydrogen-bond donors (Lipinski definition) is 2. The van der Waals surface area contributed by atoms with Crippen molar-refractivity contribution in [3.63, 3.8) is 0 Å². The minimum Gasteiger partial charge on any atom is -0.480 e. The number of benzene rings is 1. The molecule has 0 unspecified atom stereocenters. The lowest BCUT2D eigenvalue weighted by atomic mass is 10.0. The molecule has 72 valence electrons. The molecule has 1 aromatic carbocycles. The molecule has 0 heterocycles. The van der Waals surface area contributed by atoms with Crippen LogP contribution in [0.15, 0.2) is 30.3 Å². The summed E-state index contributed by atoms with van der Waals surface area (Å²) in [7, 11) is 4.99. The minimum absolute atomic E-state index is 0.170. The standard InChI is InChI=1S/C9H10BNO3/c10-11(14)8(9(12)13)6-7-4-2-1-3-5-7/h1-5,8,14H,6H2,(H,12,13)/t8-/m0/s1. The van der Waals surface area contributed by atoms with Crippen LogP contribution < -0.4 is 0 Å². The first-order valence-electron chi connectivity index (χ1n) is 4.11. The van der Waals surface area contributed by atoms with Gasteiger partial charge in [-0.25, -0.2) is 4.97 Å². The Labute approximate surface area is 83.2 Å². The fourth-order valence-corrected chi connectivity index (χ4v) is 1.13. The summed E-state index contributed by atoms with van der Waals surface area (Å²) in [6.07, 6.45) is 0.170. The third-order valence-corrected chi connectivity index (χ3v) is 1.88. The summed E-state index contributed by atoms with van der Waals surface area (Å²) in [5.74, 6) is -1.15. The Morgan fingerprint density at radius 3 is 2.43 bits per heavy atom. The fourth-order valence-electron chi connectivity index (χ4n) is 1.13. The summed E-state index contributed by atoms with van der Waals surface area (Å²) in [5.41, 5.74) is 0.810. The van der Waals surface area contributed by atoms with Crippen molar-refractivity contribution in [2.45, 2.75) is 12.5 Å². The van der Waals surface area contributed by atoms with Crippen LogP contribution in [0.2, 0.25) is 0 Å². The number of carboxylic acids is 1. The van der Waals surface area contributed by atoms with Gasteiger partial charge < -0.3 is 10.3 Å². The van der Waals surface area contributed by atoms with E-state index in [1.165, 1.54) is 0 Å². The molecule has 0 saturated heterocycles. The van der Waals surface area contributed by atoms with Crippen molar-refractivity contribution in [2.75, 3.05) is 0 Å². The third-order valence-electron chi connectivity index (χ3n) is 1.88. The third kappa shape index (κ3) is 2.87. The Morgan fingerprint density at radius 2 is 2.00 bits per heavy atom. The predicted molar refractivity (Wildman–Crippen MR) is 50.9 cm³/mol. The first kappa shape index (κ1) is 10.8. The summed E-state index contributed by atoms with van der Waals surface area (Å²) >= 11 is 0. The van der Waals surface area contributed by atoms with E-state index >= 15 is 0 Å². The van der Waals surface area contributed by atoms with Gasteiger partial charge in [-0.15, -0.1) is 0 Å². The lowest BCUT2D eigenvalue weighted by Gasteiger charge is -2.18. The molecule has 0 aliphatic heterocycles. The number of rotatable bonds is 4. The molecule has 1 atom stereocenters. The quantitative estimate of drug-likeness (QED) is 0.535. The molecule has 2 radical (unpaired) electrons. The molecule has 1 aromatic rings. The Hall–Kier alpha value is -1.33. The molecule has 14 heavy (non-hydrogen) atoms. The normalized spacial score (nSPS) is 12.7. The van der Waals surface area contributed by atoms with Crippen LogP contribution in [0.4, 0.5) is 0 Å². The van der Waals surface area contributed by atoms with E-state index < -0.39 is 12.0 Å². The summed E-state index contributed by atoms with van der Waals surface area (Å²) < 4.78 is 0. The van der Waals surface area contributed by atoms with E-state index in [0.717, 1.165) is 5.56 Å². The topological polar surface area (TPSA) is 60.8 Å². The highest BCUT2D eigenvalue weighted by molar-refractivity contribution is 6.05. The molecular formula is C9H10BNO3. The number of hydroxylamine groups is 1. The Kier molecular flexibility index (Phi) is 3.68. The van der Waals surface area contributed by atoms with Gasteiger partial charge >= 0.3 is 5.97 Å². The molecule has 2 N–H and O–H groups in total. The second-order valence-corrected chi connectivity index (χ2v) is 2.92. The predicted octanol–water partition coefficient (Wildman–Crippen LogP) is 0.457. The number of hydrogen-bond acceptors (Lipinski definition) is 3. The first-order chi connectivity index (χ1) is 6.61. The summed E-state index contributed by atoms with van der Waals surface area (Å²) in [6, 6.07) is 7.87. The van der Waals surface area contributed by atoms with Gasteiger partial charge in [0, 0.05) is 0 Å². The molecule has 0 aliphatic carbocycles. The summed E-state index contributed by atoms with van der Waals surface area (Å²) in [6.45, 7) is 0. The van der Waals surface area contributed by atoms with Crippen LogP contribution in [0, 0.1) is 0 Å². The van der Waals surface area contributed by atoms with Crippen molar-refractivity contribution >= 4 is 14.0 Å². The maximum Gasteiger partial charge on any atom is 0.322 e. The van der Waals surface area contributed by atoms with Crippen molar-refractivity contribution in [1.82, 2.24) is 4.97 Å². The number of nitrogens with zero attached hydrogens (tertiary/aromatic N) is 1. The molecule has 0 fully saturated rings. The van der Waals surface area contributed by atoms with Crippen molar-refractivity contribution < 1.29 is 15.1 Å². The highest BCUT2D eigenvalue weighted by Gasteiger charge is 2.20. The van der Waals surface area contributed by atoms with E-state index in [1.54, 1.807) is 24.3 Å².